The highest BCUT2D eigenvalue weighted by Crippen LogP contribution is 2.24. The molecule has 0 saturated heterocycles. The maximum absolute atomic E-state index is 10.9. The number of fused-ring (bicyclic) bond motifs is 1. The van der Waals surface area contributed by atoms with Crippen molar-refractivity contribution in [3.8, 4) is 5.75 Å². The van der Waals surface area contributed by atoms with E-state index < -0.39 is 0 Å². The number of benzene rings is 1. The molecule has 2 heteroatoms. The van der Waals surface area contributed by atoms with Gasteiger partial charge in [0.25, 0.3) is 0 Å². The molecule has 2 nitrogen and oxygen atoms in total. The average molecular weight is 133 g/mol. The molecule has 0 fully saturated rings. The van der Waals surface area contributed by atoms with Crippen molar-refractivity contribution < 1.29 is 9.52 Å². The summed E-state index contributed by atoms with van der Waals surface area (Å²) in [7, 11) is 0. The summed E-state index contributed by atoms with van der Waals surface area (Å²) >= 11 is 0. The van der Waals surface area contributed by atoms with Crippen LogP contribution in [0.25, 0.3) is 11.0 Å². The Balaban J connectivity index is 2.95. The number of para-hydroxylation sites is 1. The van der Waals surface area contributed by atoms with Gasteiger partial charge in [0.2, 0.25) is 5.75 Å². The van der Waals surface area contributed by atoms with Gasteiger partial charge in [0.05, 0.1) is 6.26 Å². The predicted octanol–water partition coefficient (Wildman–Crippen LogP) is 2.58. The second kappa shape index (κ2) is 1.77. The van der Waals surface area contributed by atoms with Crippen LogP contribution in [0.4, 0.5) is 0 Å². The number of hydrogen-bond donors (Lipinski definition) is 0. The summed E-state index contributed by atoms with van der Waals surface area (Å²) in [6.07, 6.45) is 1.52. The zero-order valence-corrected chi connectivity index (χ0v) is 5.20. The second-order valence-corrected chi connectivity index (χ2v) is 2.10. The maximum atomic E-state index is 10.9. The first kappa shape index (κ1) is 5.35. The van der Waals surface area contributed by atoms with Crippen molar-refractivity contribution in [1.82, 2.24) is 0 Å². The van der Waals surface area contributed by atoms with Gasteiger partial charge in [0, 0.05) is 5.39 Å². The standard InChI is InChI=1S/C8H5O2/c9-7-3-1-2-6-4-5-10-8(6)7/h1-5H. The van der Waals surface area contributed by atoms with Gasteiger partial charge in [-0.25, -0.2) is 0 Å². The molecule has 0 unspecified atom stereocenters. The van der Waals surface area contributed by atoms with Gasteiger partial charge in [-0.1, -0.05) is 12.1 Å². The summed E-state index contributed by atoms with van der Waals surface area (Å²) in [5, 5.41) is 11.8. The van der Waals surface area contributed by atoms with E-state index in [1.165, 1.54) is 12.3 Å². The van der Waals surface area contributed by atoms with Crippen LogP contribution < -0.4 is 0 Å². The minimum absolute atomic E-state index is 0.0532. The van der Waals surface area contributed by atoms with E-state index in [-0.39, 0.29) is 5.75 Å². The number of furan rings is 1. The fraction of sp³-hybridized carbons (Fsp3) is 0. The average Bonchev–Trinajstić information content (AvgIpc) is 2.36. The minimum atomic E-state index is -0.0532. The quantitative estimate of drug-likeness (QED) is 0.543. The largest absolute Gasteiger partial charge is 0.460 e. The fourth-order valence-corrected chi connectivity index (χ4v) is 0.966. The van der Waals surface area contributed by atoms with Gasteiger partial charge in [0.1, 0.15) is 0 Å². The number of rotatable bonds is 0. The highest BCUT2D eigenvalue weighted by atomic mass is 16.3. The van der Waals surface area contributed by atoms with Gasteiger partial charge in [-0.15, -0.1) is 0 Å². The van der Waals surface area contributed by atoms with Gasteiger partial charge >= 0.3 is 0 Å². The first-order valence-corrected chi connectivity index (χ1v) is 3.01. The van der Waals surface area contributed by atoms with Crippen molar-refractivity contribution in [3.05, 3.63) is 30.5 Å². The summed E-state index contributed by atoms with van der Waals surface area (Å²) in [6.45, 7) is 0. The van der Waals surface area contributed by atoms with Crippen LogP contribution in [-0.2, 0) is 5.11 Å². The van der Waals surface area contributed by atoms with Crippen LogP contribution in [-0.4, -0.2) is 0 Å². The third-order valence-corrected chi connectivity index (χ3v) is 1.44. The molecule has 0 saturated carbocycles. The molecule has 10 heavy (non-hydrogen) atoms. The van der Waals surface area contributed by atoms with Crippen molar-refractivity contribution >= 4 is 11.0 Å². The lowest BCUT2D eigenvalue weighted by Gasteiger charge is -1.86. The lowest BCUT2D eigenvalue weighted by molar-refractivity contribution is 0.352. The molecule has 49 valence electrons. The molecule has 2 rings (SSSR count). The van der Waals surface area contributed by atoms with Crippen LogP contribution in [0, 0.1) is 0 Å². The summed E-state index contributed by atoms with van der Waals surface area (Å²) in [6, 6.07) is 6.84. The SMILES string of the molecule is [O]c1cccc2ccoc12. The Labute approximate surface area is 57.7 Å². The van der Waals surface area contributed by atoms with Crippen molar-refractivity contribution in [1.29, 1.82) is 0 Å². The third-order valence-electron chi connectivity index (χ3n) is 1.44. The lowest BCUT2D eigenvalue weighted by atomic mass is 10.2. The molecule has 2 aromatic rings. The molecule has 1 aromatic heterocycles. The topological polar surface area (TPSA) is 33.0 Å². The molecular weight excluding hydrogens is 128 g/mol. The monoisotopic (exact) mass is 133 g/mol. The molecule has 0 spiro atoms. The Kier molecular flexibility index (Phi) is 0.947. The van der Waals surface area contributed by atoms with Crippen molar-refractivity contribution in [2.75, 3.05) is 0 Å². The van der Waals surface area contributed by atoms with Gasteiger partial charge in [-0.3, -0.25) is 5.11 Å². The summed E-state index contributed by atoms with van der Waals surface area (Å²) < 4.78 is 4.94. The van der Waals surface area contributed by atoms with Crippen molar-refractivity contribution in [2.45, 2.75) is 0 Å². The van der Waals surface area contributed by atoms with Crippen LogP contribution >= 0.6 is 0 Å². The van der Waals surface area contributed by atoms with Crippen LogP contribution in [0.3, 0.4) is 0 Å². The van der Waals surface area contributed by atoms with E-state index in [2.05, 4.69) is 0 Å². The molecule has 0 aliphatic rings. The van der Waals surface area contributed by atoms with Crippen molar-refractivity contribution in [3.63, 3.8) is 0 Å². The summed E-state index contributed by atoms with van der Waals surface area (Å²) in [5.41, 5.74) is 0.447. The maximum Gasteiger partial charge on any atom is 0.221 e. The van der Waals surface area contributed by atoms with E-state index in [0.29, 0.717) is 5.58 Å². The van der Waals surface area contributed by atoms with Gasteiger partial charge in [0.15, 0.2) is 5.58 Å². The molecule has 0 bridgehead atoms. The number of hydrogen-bond acceptors (Lipinski definition) is 1. The molecule has 0 atom stereocenters. The van der Waals surface area contributed by atoms with Crippen LogP contribution in [0.5, 0.6) is 5.75 Å². The van der Waals surface area contributed by atoms with E-state index in [9.17, 15) is 5.11 Å². The molecule has 1 radical (unpaired) electrons. The van der Waals surface area contributed by atoms with E-state index in [1.54, 1.807) is 12.1 Å². The van der Waals surface area contributed by atoms with E-state index in [4.69, 9.17) is 4.42 Å². The molecule has 0 aliphatic heterocycles. The second-order valence-electron chi connectivity index (χ2n) is 2.10. The Morgan fingerprint density at radius 2 is 2.10 bits per heavy atom. The van der Waals surface area contributed by atoms with E-state index in [1.807, 2.05) is 6.07 Å². The zero-order chi connectivity index (χ0) is 6.97. The summed E-state index contributed by atoms with van der Waals surface area (Å²) in [5.74, 6) is -0.0532. The molecule has 1 heterocycles. The van der Waals surface area contributed by atoms with Crippen LogP contribution in [0.1, 0.15) is 0 Å². The highest BCUT2D eigenvalue weighted by molar-refractivity contribution is 5.82. The normalized spacial score (nSPS) is 10.4. The zero-order valence-electron chi connectivity index (χ0n) is 5.20. The first-order chi connectivity index (χ1) is 4.88. The van der Waals surface area contributed by atoms with E-state index in [0.717, 1.165) is 5.39 Å². The Morgan fingerprint density at radius 1 is 1.20 bits per heavy atom. The summed E-state index contributed by atoms with van der Waals surface area (Å²) in [4.78, 5) is 0. The smallest absolute Gasteiger partial charge is 0.221 e. The van der Waals surface area contributed by atoms with Gasteiger partial charge < -0.3 is 4.42 Å². The molecule has 1 aromatic carbocycles. The Morgan fingerprint density at radius 3 is 2.90 bits per heavy atom. The minimum Gasteiger partial charge on any atom is -0.460 e. The Hall–Kier alpha value is -1.44. The van der Waals surface area contributed by atoms with Crippen molar-refractivity contribution in [2.24, 2.45) is 0 Å². The van der Waals surface area contributed by atoms with Gasteiger partial charge in [-0.05, 0) is 12.1 Å². The van der Waals surface area contributed by atoms with E-state index >= 15 is 0 Å². The first-order valence-electron chi connectivity index (χ1n) is 3.01. The van der Waals surface area contributed by atoms with Crippen LogP contribution in [0.2, 0.25) is 0 Å². The fourth-order valence-electron chi connectivity index (χ4n) is 0.966. The highest BCUT2D eigenvalue weighted by Gasteiger charge is 2.01. The molecular formula is C8H5O2. The Bertz CT molecular complexity index is 349. The van der Waals surface area contributed by atoms with Crippen LogP contribution in [0.15, 0.2) is 34.9 Å². The lowest BCUT2D eigenvalue weighted by Crippen LogP contribution is -1.62. The molecule has 0 aliphatic carbocycles. The van der Waals surface area contributed by atoms with Gasteiger partial charge in [-0.2, -0.15) is 0 Å². The molecule has 0 N–H and O–H groups in total. The third kappa shape index (κ3) is 0.589. The predicted molar refractivity (Wildman–Crippen MR) is 36.3 cm³/mol. The molecule has 0 amide bonds.